The molecule has 1 aliphatic rings. The average molecular weight is 262 g/mol. The molecule has 19 heavy (non-hydrogen) atoms. The van der Waals surface area contributed by atoms with Crippen LogP contribution in [0.15, 0.2) is 24.3 Å². The van der Waals surface area contributed by atoms with Gasteiger partial charge in [0.1, 0.15) is 5.75 Å². The molecule has 1 aliphatic heterocycles. The topological polar surface area (TPSA) is 35.5 Å². The van der Waals surface area contributed by atoms with E-state index in [1.807, 2.05) is 0 Å². The molecule has 1 heterocycles. The summed E-state index contributed by atoms with van der Waals surface area (Å²) in [5, 5.41) is 12.9. The largest absolute Gasteiger partial charge is 0.508 e. The molecule has 0 aromatic heterocycles. The van der Waals surface area contributed by atoms with Crippen molar-refractivity contribution in [3.63, 3.8) is 0 Å². The van der Waals surface area contributed by atoms with Crippen LogP contribution in [0.2, 0.25) is 0 Å². The van der Waals surface area contributed by atoms with Crippen LogP contribution in [-0.2, 0) is 0 Å². The maximum absolute atomic E-state index is 9.44. The number of nitrogens with one attached hydrogen (secondary N) is 1. The Morgan fingerprint density at radius 1 is 1.11 bits per heavy atom. The van der Waals surface area contributed by atoms with Crippen LogP contribution in [0.3, 0.4) is 0 Å². The number of aromatic hydroxyl groups is 1. The van der Waals surface area contributed by atoms with Crippen molar-refractivity contribution >= 4 is 0 Å². The molecule has 2 N–H and O–H groups in total. The highest BCUT2D eigenvalue weighted by molar-refractivity contribution is 5.28. The molecule has 0 amide bonds. The van der Waals surface area contributed by atoms with E-state index >= 15 is 0 Å². The smallest absolute Gasteiger partial charge is 0.115 e. The molecule has 1 saturated heterocycles. The van der Waals surface area contributed by atoms with Crippen LogP contribution >= 0.6 is 0 Å². The predicted octanol–water partition coefficient (Wildman–Crippen LogP) is 2.77. The summed E-state index contributed by atoms with van der Waals surface area (Å²) >= 11 is 0. The quantitative estimate of drug-likeness (QED) is 0.856. The van der Waals surface area contributed by atoms with E-state index in [4.69, 9.17) is 0 Å². The van der Waals surface area contributed by atoms with E-state index < -0.39 is 0 Å². The summed E-state index contributed by atoms with van der Waals surface area (Å²) < 4.78 is 0. The average Bonchev–Trinajstić information content (AvgIpc) is 2.42. The van der Waals surface area contributed by atoms with Crippen molar-refractivity contribution < 1.29 is 5.11 Å². The SMILES string of the molecule is CC(C)CC[C@H](c1ccc(O)cc1)N1CCNCC1. The van der Waals surface area contributed by atoms with E-state index in [1.54, 1.807) is 12.1 Å². The zero-order valence-corrected chi connectivity index (χ0v) is 12.1. The molecule has 0 spiro atoms. The fourth-order valence-corrected chi connectivity index (χ4v) is 2.74. The Labute approximate surface area is 116 Å². The number of phenolic OH excluding ortho intramolecular Hbond substituents is 1. The Kier molecular flexibility index (Phi) is 5.23. The summed E-state index contributed by atoms with van der Waals surface area (Å²) in [6, 6.07) is 8.25. The number of hydrogen-bond donors (Lipinski definition) is 2. The van der Waals surface area contributed by atoms with Gasteiger partial charge in [0.05, 0.1) is 0 Å². The van der Waals surface area contributed by atoms with Crippen LogP contribution in [0.5, 0.6) is 5.75 Å². The van der Waals surface area contributed by atoms with E-state index in [2.05, 4.69) is 36.2 Å². The zero-order valence-electron chi connectivity index (χ0n) is 12.1. The molecule has 0 bridgehead atoms. The number of nitrogens with zero attached hydrogens (tertiary/aromatic N) is 1. The second kappa shape index (κ2) is 6.92. The standard InChI is InChI=1S/C16H26N2O/c1-13(2)3-8-16(18-11-9-17-10-12-18)14-4-6-15(19)7-5-14/h4-7,13,16-17,19H,3,8-12H2,1-2H3/t16-/m1/s1. The molecule has 1 fully saturated rings. The second-order valence-electron chi connectivity index (χ2n) is 5.86. The van der Waals surface area contributed by atoms with E-state index in [0.29, 0.717) is 11.8 Å². The third kappa shape index (κ3) is 4.22. The van der Waals surface area contributed by atoms with Gasteiger partial charge in [0, 0.05) is 32.2 Å². The minimum atomic E-state index is 0.353. The molecular formula is C16H26N2O. The van der Waals surface area contributed by atoms with Gasteiger partial charge in [0.25, 0.3) is 0 Å². The van der Waals surface area contributed by atoms with E-state index in [0.717, 1.165) is 32.1 Å². The minimum absolute atomic E-state index is 0.353. The predicted molar refractivity (Wildman–Crippen MR) is 79.4 cm³/mol. The lowest BCUT2D eigenvalue weighted by atomic mass is 9.95. The summed E-state index contributed by atoms with van der Waals surface area (Å²) in [7, 11) is 0. The Balaban J connectivity index is 2.10. The summed E-state index contributed by atoms with van der Waals surface area (Å²) in [5.41, 5.74) is 1.33. The monoisotopic (exact) mass is 262 g/mol. The minimum Gasteiger partial charge on any atom is -0.508 e. The van der Waals surface area contributed by atoms with Gasteiger partial charge < -0.3 is 10.4 Å². The van der Waals surface area contributed by atoms with Gasteiger partial charge in [0.15, 0.2) is 0 Å². The lowest BCUT2D eigenvalue weighted by Crippen LogP contribution is -2.45. The Hall–Kier alpha value is -1.06. The van der Waals surface area contributed by atoms with Gasteiger partial charge >= 0.3 is 0 Å². The van der Waals surface area contributed by atoms with Crippen molar-refractivity contribution in [2.45, 2.75) is 32.7 Å². The van der Waals surface area contributed by atoms with Crippen LogP contribution in [0.25, 0.3) is 0 Å². The Morgan fingerprint density at radius 2 is 1.74 bits per heavy atom. The first-order valence-electron chi connectivity index (χ1n) is 7.40. The summed E-state index contributed by atoms with van der Waals surface area (Å²) in [4.78, 5) is 2.57. The highest BCUT2D eigenvalue weighted by Crippen LogP contribution is 2.28. The van der Waals surface area contributed by atoms with Gasteiger partial charge in [-0.2, -0.15) is 0 Å². The number of benzene rings is 1. The molecule has 106 valence electrons. The van der Waals surface area contributed by atoms with E-state index in [-0.39, 0.29) is 0 Å². The third-order valence-corrected chi connectivity index (χ3v) is 3.89. The van der Waals surface area contributed by atoms with Gasteiger partial charge in [-0.05, 0) is 36.5 Å². The number of rotatable bonds is 5. The number of phenols is 1. The van der Waals surface area contributed by atoms with Crippen LogP contribution < -0.4 is 5.32 Å². The van der Waals surface area contributed by atoms with Crippen molar-refractivity contribution in [1.29, 1.82) is 0 Å². The van der Waals surface area contributed by atoms with Gasteiger partial charge in [-0.1, -0.05) is 26.0 Å². The summed E-state index contributed by atoms with van der Waals surface area (Å²) in [6.07, 6.45) is 2.44. The lowest BCUT2D eigenvalue weighted by molar-refractivity contribution is 0.159. The fourth-order valence-electron chi connectivity index (χ4n) is 2.74. The molecule has 0 unspecified atom stereocenters. The van der Waals surface area contributed by atoms with Gasteiger partial charge in [-0.25, -0.2) is 0 Å². The van der Waals surface area contributed by atoms with Crippen LogP contribution in [0.1, 0.15) is 38.3 Å². The van der Waals surface area contributed by atoms with Crippen LogP contribution in [0, 0.1) is 5.92 Å². The van der Waals surface area contributed by atoms with Crippen LogP contribution in [0.4, 0.5) is 0 Å². The second-order valence-corrected chi connectivity index (χ2v) is 5.86. The molecule has 3 nitrogen and oxygen atoms in total. The number of hydrogen-bond acceptors (Lipinski definition) is 3. The normalized spacial score (nSPS) is 18.7. The molecule has 3 heteroatoms. The molecule has 0 radical (unpaired) electrons. The highest BCUT2D eigenvalue weighted by atomic mass is 16.3. The Morgan fingerprint density at radius 3 is 2.32 bits per heavy atom. The Bertz CT molecular complexity index is 369. The van der Waals surface area contributed by atoms with Crippen molar-refractivity contribution in [3.8, 4) is 5.75 Å². The molecule has 1 aromatic rings. The van der Waals surface area contributed by atoms with Crippen molar-refractivity contribution in [3.05, 3.63) is 29.8 Å². The van der Waals surface area contributed by atoms with Gasteiger partial charge in [-0.15, -0.1) is 0 Å². The third-order valence-electron chi connectivity index (χ3n) is 3.89. The van der Waals surface area contributed by atoms with Gasteiger partial charge in [-0.3, -0.25) is 4.90 Å². The van der Waals surface area contributed by atoms with E-state index in [1.165, 1.54) is 18.4 Å². The zero-order chi connectivity index (χ0) is 13.7. The summed E-state index contributed by atoms with van der Waals surface area (Å²) in [6.45, 7) is 8.96. The van der Waals surface area contributed by atoms with Crippen molar-refractivity contribution in [2.24, 2.45) is 5.92 Å². The maximum Gasteiger partial charge on any atom is 0.115 e. The first-order chi connectivity index (χ1) is 9.16. The van der Waals surface area contributed by atoms with Gasteiger partial charge in [0.2, 0.25) is 0 Å². The van der Waals surface area contributed by atoms with Crippen molar-refractivity contribution in [2.75, 3.05) is 26.2 Å². The van der Waals surface area contributed by atoms with Crippen molar-refractivity contribution in [1.82, 2.24) is 10.2 Å². The molecule has 0 saturated carbocycles. The molecule has 0 aliphatic carbocycles. The van der Waals surface area contributed by atoms with E-state index in [9.17, 15) is 5.11 Å². The lowest BCUT2D eigenvalue weighted by Gasteiger charge is -2.35. The highest BCUT2D eigenvalue weighted by Gasteiger charge is 2.22. The maximum atomic E-state index is 9.44. The molecule has 1 aromatic carbocycles. The summed E-state index contributed by atoms with van der Waals surface area (Å²) in [5.74, 6) is 1.09. The molecule has 2 rings (SSSR count). The fraction of sp³-hybridized carbons (Fsp3) is 0.625. The first-order valence-corrected chi connectivity index (χ1v) is 7.40. The first kappa shape index (κ1) is 14.4. The van der Waals surface area contributed by atoms with Crippen LogP contribution in [-0.4, -0.2) is 36.2 Å². The molecular weight excluding hydrogens is 236 g/mol. The molecule has 1 atom stereocenters. The number of piperazine rings is 1.